The smallest absolute Gasteiger partial charge is 0.316 e. The molecular formula is C14H22N4O. The highest BCUT2D eigenvalue weighted by molar-refractivity contribution is 5.87. The number of hydrogen-bond donors (Lipinski definition) is 3. The van der Waals surface area contributed by atoms with Gasteiger partial charge < -0.3 is 11.1 Å². The molecule has 5 heteroatoms. The Morgan fingerprint density at radius 1 is 1.21 bits per heavy atom. The van der Waals surface area contributed by atoms with E-state index in [-0.39, 0.29) is 6.04 Å². The van der Waals surface area contributed by atoms with Crippen LogP contribution >= 0.6 is 0 Å². The van der Waals surface area contributed by atoms with Gasteiger partial charge in [-0.3, -0.25) is 0 Å². The molecule has 2 rings (SSSR count). The number of anilines is 1. The number of rotatable bonds is 4. The van der Waals surface area contributed by atoms with Crippen molar-refractivity contribution in [3.8, 4) is 0 Å². The summed E-state index contributed by atoms with van der Waals surface area (Å²) < 4.78 is 0. The summed E-state index contributed by atoms with van der Waals surface area (Å²) in [7, 11) is 0. The van der Waals surface area contributed by atoms with Crippen molar-refractivity contribution in [2.45, 2.75) is 32.2 Å². The monoisotopic (exact) mass is 262 g/mol. The van der Waals surface area contributed by atoms with Gasteiger partial charge in [-0.1, -0.05) is 18.6 Å². The van der Waals surface area contributed by atoms with E-state index in [1.54, 1.807) is 0 Å². The van der Waals surface area contributed by atoms with Crippen LogP contribution in [0.25, 0.3) is 0 Å². The Morgan fingerprint density at radius 2 is 1.84 bits per heavy atom. The fourth-order valence-electron chi connectivity index (χ4n) is 2.37. The molecular weight excluding hydrogens is 240 g/mol. The van der Waals surface area contributed by atoms with Gasteiger partial charge in [-0.2, -0.15) is 0 Å². The van der Waals surface area contributed by atoms with Crippen molar-refractivity contribution < 1.29 is 4.79 Å². The molecule has 1 heterocycles. The molecule has 1 saturated heterocycles. The molecule has 2 amide bonds. The summed E-state index contributed by atoms with van der Waals surface area (Å²) in [5.41, 5.74) is 10.5. The molecule has 0 aromatic heterocycles. The molecule has 0 saturated carbocycles. The van der Waals surface area contributed by atoms with E-state index in [4.69, 9.17) is 5.73 Å². The van der Waals surface area contributed by atoms with Crippen molar-refractivity contribution in [2.75, 3.05) is 18.4 Å². The lowest BCUT2D eigenvalue weighted by atomic mass is 10.1. The zero-order valence-corrected chi connectivity index (χ0v) is 11.4. The second kappa shape index (κ2) is 6.54. The lowest BCUT2D eigenvalue weighted by Crippen LogP contribution is -2.42. The van der Waals surface area contributed by atoms with Gasteiger partial charge in [0, 0.05) is 24.8 Å². The van der Waals surface area contributed by atoms with E-state index in [0.29, 0.717) is 0 Å². The van der Waals surface area contributed by atoms with Gasteiger partial charge in [0.25, 0.3) is 0 Å². The number of benzene rings is 1. The van der Waals surface area contributed by atoms with Crippen LogP contribution in [0.1, 0.15) is 37.8 Å². The third-order valence-electron chi connectivity index (χ3n) is 3.41. The summed E-state index contributed by atoms with van der Waals surface area (Å²) in [6.45, 7) is 4.38. The number of piperidine rings is 1. The number of carbonyl (C=O) groups is 1. The van der Waals surface area contributed by atoms with Gasteiger partial charge in [-0.15, -0.1) is 0 Å². The maximum atomic E-state index is 10.7. The third-order valence-corrected chi connectivity index (χ3v) is 3.41. The fourth-order valence-corrected chi connectivity index (χ4v) is 2.37. The van der Waals surface area contributed by atoms with Crippen molar-refractivity contribution in [2.24, 2.45) is 5.73 Å². The quantitative estimate of drug-likeness (QED) is 0.779. The highest BCUT2D eigenvalue weighted by Crippen LogP contribution is 2.17. The molecule has 4 N–H and O–H groups in total. The SMILES string of the molecule is CC(NN1CCCCC1)c1ccc(NC(N)=O)cc1. The van der Waals surface area contributed by atoms with Crippen LogP contribution in [0.2, 0.25) is 0 Å². The Labute approximate surface area is 114 Å². The molecule has 19 heavy (non-hydrogen) atoms. The molecule has 1 aliphatic heterocycles. The van der Waals surface area contributed by atoms with E-state index >= 15 is 0 Å². The van der Waals surface area contributed by atoms with Crippen molar-refractivity contribution in [1.82, 2.24) is 10.4 Å². The van der Waals surface area contributed by atoms with Crippen LogP contribution in [0.5, 0.6) is 0 Å². The predicted molar refractivity (Wildman–Crippen MR) is 76.6 cm³/mol. The van der Waals surface area contributed by atoms with Crippen molar-refractivity contribution in [3.05, 3.63) is 29.8 Å². The zero-order valence-electron chi connectivity index (χ0n) is 11.4. The molecule has 5 nitrogen and oxygen atoms in total. The van der Waals surface area contributed by atoms with Gasteiger partial charge in [-0.05, 0) is 37.5 Å². The van der Waals surface area contributed by atoms with Crippen molar-refractivity contribution in [3.63, 3.8) is 0 Å². The fraction of sp³-hybridized carbons (Fsp3) is 0.500. The largest absolute Gasteiger partial charge is 0.351 e. The van der Waals surface area contributed by atoms with E-state index in [2.05, 4.69) is 22.7 Å². The molecule has 0 aliphatic carbocycles. The molecule has 0 radical (unpaired) electrons. The van der Waals surface area contributed by atoms with Crippen LogP contribution in [-0.2, 0) is 0 Å². The van der Waals surface area contributed by atoms with E-state index in [0.717, 1.165) is 18.8 Å². The van der Waals surface area contributed by atoms with Gasteiger partial charge in [0.05, 0.1) is 0 Å². The summed E-state index contributed by atoms with van der Waals surface area (Å²) >= 11 is 0. The van der Waals surface area contributed by atoms with E-state index in [1.807, 2.05) is 24.3 Å². The average Bonchev–Trinajstić information content (AvgIpc) is 2.40. The molecule has 1 aromatic carbocycles. The number of nitrogens with zero attached hydrogens (tertiary/aromatic N) is 1. The first-order valence-corrected chi connectivity index (χ1v) is 6.82. The number of urea groups is 1. The minimum atomic E-state index is -0.535. The summed E-state index contributed by atoms with van der Waals surface area (Å²) in [5, 5.41) is 4.86. The summed E-state index contributed by atoms with van der Waals surface area (Å²) in [6, 6.07) is 7.48. The maximum Gasteiger partial charge on any atom is 0.316 e. The van der Waals surface area contributed by atoms with Crippen LogP contribution in [-0.4, -0.2) is 24.1 Å². The highest BCUT2D eigenvalue weighted by Gasteiger charge is 2.13. The number of nitrogens with one attached hydrogen (secondary N) is 2. The predicted octanol–water partition coefficient (Wildman–Crippen LogP) is 2.23. The molecule has 0 bridgehead atoms. The standard InChI is InChI=1S/C14H22N4O/c1-11(17-18-9-3-2-4-10-18)12-5-7-13(8-6-12)16-14(15)19/h5-8,11,17H,2-4,9-10H2,1H3,(H3,15,16,19). The first kappa shape index (κ1) is 13.8. The third kappa shape index (κ3) is 4.22. The number of nitrogens with two attached hydrogens (primary N) is 1. The number of hydrogen-bond acceptors (Lipinski definition) is 3. The van der Waals surface area contributed by atoms with E-state index < -0.39 is 6.03 Å². The van der Waals surface area contributed by atoms with Crippen LogP contribution in [0, 0.1) is 0 Å². The highest BCUT2D eigenvalue weighted by atomic mass is 16.2. The van der Waals surface area contributed by atoms with Gasteiger partial charge in [-0.25, -0.2) is 15.2 Å². The maximum absolute atomic E-state index is 10.7. The summed E-state index contributed by atoms with van der Waals surface area (Å²) in [6.07, 6.45) is 3.86. The zero-order chi connectivity index (χ0) is 13.7. The van der Waals surface area contributed by atoms with Gasteiger partial charge >= 0.3 is 6.03 Å². The second-order valence-electron chi connectivity index (χ2n) is 5.01. The van der Waals surface area contributed by atoms with E-state index in [1.165, 1.54) is 24.8 Å². The van der Waals surface area contributed by atoms with Gasteiger partial charge in [0.2, 0.25) is 0 Å². The number of primary amides is 1. The molecule has 1 aliphatic rings. The second-order valence-corrected chi connectivity index (χ2v) is 5.01. The minimum absolute atomic E-state index is 0.265. The molecule has 1 aromatic rings. The van der Waals surface area contributed by atoms with Gasteiger partial charge in [0.15, 0.2) is 0 Å². The molecule has 104 valence electrons. The molecule has 0 spiro atoms. The van der Waals surface area contributed by atoms with Crippen LogP contribution < -0.4 is 16.5 Å². The van der Waals surface area contributed by atoms with Crippen LogP contribution in [0.15, 0.2) is 24.3 Å². The number of hydrazine groups is 1. The molecule has 1 unspecified atom stereocenters. The van der Waals surface area contributed by atoms with Gasteiger partial charge in [0.1, 0.15) is 0 Å². The van der Waals surface area contributed by atoms with E-state index in [9.17, 15) is 4.79 Å². The molecule has 1 atom stereocenters. The first-order chi connectivity index (χ1) is 9.15. The first-order valence-electron chi connectivity index (χ1n) is 6.82. The lowest BCUT2D eigenvalue weighted by molar-refractivity contribution is 0.133. The summed E-state index contributed by atoms with van der Waals surface area (Å²) in [4.78, 5) is 10.7. The van der Waals surface area contributed by atoms with Crippen LogP contribution in [0.3, 0.4) is 0 Å². The van der Waals surface area contributed by atoms with Crippen molar-refractivity contribution >= 4 is 11.7 Å². The van der Waals surface area contributed by atoms with Crippen molar-refractivity contribution in [1.29, 1.82) is 0 Å². The normalized spacial score (nSPS) is 17.9. The summed E-state index contributed by atoms with van der Waals surface area (Å²) in [5.74, 6) is 0. The Bertz CT molecular complexity index is 412. The molecule has 1 fully saturated rings. The Kier molecular flexibility index (Phi) is 4.76. The Morgan fingerprint density at radius 3 is 2.42 bits per heavy atom. The Balaban J connectivity index is 1.91. The minimum Gasteiger partial charge on any atom is -0.351 e. The lowest BCUT2D eigenvalue weighted by Gasteiger charge is -2.30. The topological polar surface area (TPSA) is 70.4 Å². The van der Waals surface area contributed by atoms with Crippen LogP contribution in [0.4, 0.5) is 10.5 Å². The Hall–Kier alpha value is -1.59. The number of amides is 2. The average molecular weight is 262 g/mol. The number of carbonyl (C=O) groups excluding carboxylic acids is 1.